The maximum atomic E-state index is 10.6. The van der Waals surface area contributed by atoms with Crippen molar-refractivity contribution < 1.29 is 9.90 Å². The SMILES string of the molecule is CCc1cc(I)cc(C(=O)O)c1. The molecule has 2 nitrogen and oxygen atoms in total. The number of carbonyl (C=O) groups is 1. The highest BCUT2D eigenvalue weighted by molar-refractivity contribution is 14.1. The minimum atomic E-state index is -0.858. The Kier molecular flexibility index (Phi) is 3.08. The van der Waals surface area contributed by atoms with E-state index < -0.39 is 5.97 Å². The van der Waals surface area contributed by atoms with Gasteiger partial charge in [0.1, 0.15) is 0 Å². The summed E-state index contributed by atoms with van der Waals surface area (Å²) in [4.78, 5) is 10.6. The molecule has 0 atom stereocenters. The molecular weight excluding hydrogens is 267 g/mol. The highest BCUT2D eigenvalue weighted by Gasteiger charge is 2.04. The van der Waals surface area contributed by atoms with Crippen LogP contribution >= 0.6 is 22.6 Å². The van der Waals surface area contributed by atoms with Crippen molar-refractivity contribution in [3.63, 3.8) is 0 Å². The number of rotatable bonds is 2. The predicted molar refractivity (Wildman–Crippen MR) is 55.5 cm³/mol. The molecule has 0 aromatic heterocycles. The van der Waals surface area contributed by atoms with Gasteiger partial charge in [-0.25, -0.2) is 4.79 Å². The van der Waals surface area contributed by atoms with Crippen molar-refractivity contribution in [1.82, 2.24) is 0 Å². The van der Waals surface area contributed by atoms with Crippen LogP contribution in [0.5, 0.6) is 0 Å². The number of carboxylic acids is 1. The van der Waals surface area contributed by atoms with Gasteiger partial charge in [0, 0.05) is 3.57 Å². The normalized spacial score (nSPS) is 9.83. The van der Waals surface area contributed by atoms with Gasteiger partial charge in [0.2, 0.25) is 0 Å². The summed E-state index contributed by atoms with van der Waals surface area (Å²) in [5, 5.41) is 8.73. The summed E-state index contributed by atoms with van der Waals surface area (Å²) in [6.07, 6.45) is 0.872. The topological polar surface area (TPSA) is 37.3 Å². The predicted octanol–water partition coefficient (Wildman–Crippen LogP) is 2.55. The Bertz CT molecular complexity index is 307. The van der Waals surface area contributed by atoms with Gasteiger partial charge < -0.3 is 5.11 Å². The molecule has 1 aromatic carbocycles. The Hall–Kier alpha value is -0.580. The summed E-state index contributed by atoms with van der Waals surface area (Å²) in [6.45, 7) is 2.01. The van der Waals surface area contributed by atoms with Crippen molar-refractivity contribution in [2.45, 2.75) is 13.3 Å². The van der Waals surface area contributed by atoms with Crippen molar-refractivity contribution in [3.05, 3.63) is 32.9 Å². The lowest BCUT2D eigenvalue weighted by atomic mass is 10.1. The Balaban J connectivity index is 3.15. The molecule has 3 heteroatoms. The van der Waals surface area contributed by atoms with Crippen molar-refractivity contribution >= 4 is 28.6 Å². The molecule has 0 aliphatic heterocycles. The van der Waals surface area contributed by atoms with Gasteiger partial charge >= 0.3 is 5.97 Å². The van der Waals surface area contributed by atoms with Gasteiger partial charge in [-0.3, -0.25) is 0 Å². The Labute approximate surface area is 84.7 Å². The minimum Gasteiger partial charge on any atom is -0.478 e. The number of aromatic carboxylic acids is 1. The van der Waals surface area contributed by atoms with Crippen LogP contribution < -0.4 is 0 Å². The molecule has 12 heavy (non-hydrogen) atoms. The summed E-state index contributed by atoms with van der Waals surface area (Å²) in [5.41, 5.74) is 1.44. The van der Waals surface area contributed by atoms with Crippen LogP contribution in [0.3, 0.4) is 0 Å². The molecule has 0 bridgehead atoms. The third kappa shape index (κ3) is 2.20. The largest absolute Gasteiger partial charge is 0.478 e. The number of carboxylic acid groups (broad SMARTS) is 1. The summed E-state index contributed by atoms with van der Waals surface area (Å²) in [5.74, 6) is -0.858. The fourth-order valence-corrected chi connectivity index (χ4v) is 1.71. The minimum absolute atomic E-state index is 0.374. The first-order valence-electron chi connectivity index (χ1n) is 3.66. The molecule has 1 rings (SSSR count). The van der Waals surface area contributed by atoms with E-state index in [9.17, 15) is 4.79 Å². The fourth-order valence-electron chi connectivity index (χ4n) is 0.978. The molecule has 64 valence electrons. The third-order valence-electron chi connectivity index (χ3n) is 1.61. The second kappa shape index (κ2) is 3.89. The van der Waals surface area contributed by atoms with Crippen LogP contribution in [0.2, 0.25) is 0 Å². The Morgan fingerprint density at radius 1 is 1.50 bits per heavy atom. The number of aryl methyl sites for hydroxylation is 1. The van der Waals surface area contributed by atoms with Crippen LogP contribution in [-0.4, -0.2) is 11.1 Å². The molecule has 0 amide bonds. The maximum absolute atomic E-state index is 10.6. The average Bonchev–Trinajstić information content (AvgIpc) is 2.03. The molecule has 0 saturated heterocycles. The van der Waals surface area contributed by atoms with Crippen LogP contribution in [0.1, 0.15) is 22.8 Å². The van der Waals surface area contributed by atoms with Crippen LogP contribution in [-0.2, 0) is 6.42 Å². The lowest BCUT2D eigenvalue weighted by Crippen LogP contribution is -1.98. The van der Waals surface area contributed by atoms with Gasteiger partial charge in [0.25, 0.3) is 0 Å². The van der Waals surface area contributed by atoms with Gasteiger partial charge in [-0.2, -0.15) is 0 Å². The monoisotopic (exact) mass is 276 g/mol. The van der Waals surface area contributed by atoms with E-state index in [4.69, 9.17) is 5.11 Å². The fraction of sp³-hybridized carbons (Fsp3) is 0.222. The lowest BCUT2D eigenvalue weighted by molar-refractivity contribution is 0.0696. The van der Waals surface area contributed by atoms with Crippen LogP contribution in [0, 0.1) is 3.57 Å². The van der Waals surface area contributed by atoms with Gasteiger partial charge in [-0.15, -0.1) is 0 Å². The molecule has 0 spiro atoms. The molecule has 0 aliphatic carbocycles. The van der Waals surface area contributed by atoms with E-state index in [0.717, 1.165) is 15.6 Å². The molecule has 0 saturated carbocycles. The molecule has 1 N–H and O–H groups in total. The number of halogens is 1. The standard InChI is InChI=1S/C9H9IO2/c1-2-6-3-7(9(11)12)5-8(10)4-6/h3-5H,2H2,1H3,(H,11,12). The highest BCUT2D eigenvalue weighted by Crippen LogP contribution is 2.12. The first-order chi connectivity index (χ1) is 5.63. The summed E-state index contributed by atoms with van der Waals surface area (Å²) in [6, 6.07) is 5.37. The average molecular weight is 276 g/mol. The van der Waals surface area contributed by atoms with Crippen molar-refractivity contribution in [2.24, 2.45) is 0 Å². The zero-order chi connectivity index (χ0) is 9.14. The van der Waals surface area contributed by atoms with Crippen LogP contribution in [0.25, 0.3) is 0 Å². The zero-order valence-corrected chi connectivity index (χ0v) is 8.83. The van der Waals surface area contributed by atoms with E-state index in [1.807, 2.05) is 13.0 Å². The van der Waals surface area contributed by atoms with Crippen molar-refractivity contribution in [2.75, 3.05) is 0 Å². The van der Waals surface area contributed by atoms with E-state index >= 15 is 0 Å². The highest BCUT2D eigenvalue weighted by atomic mass is 127. The van der Waals surface area contributed by atoms with E-state index in [-0.39, 0.29) is 0 Å². The molecule has 0 radical (unpaired) electrons. The quantitative estimate of drug-likeness (QED) is 0.843. The molecule has 0 heterocycles. The van der Waals surface area contributed by atoms with Gasteiger partial charge in [0.05, 0.1) is 5.56 Å². The first-order valence-corrected chi connectivity index (χ1v) is 4.74. The van der Waals surface area contributed by atoms with E-state index in [1.165, 1.54) is 0 Å². The van der Waals surface area contributed by atoms with Gasteiger partial charge in [0.15, 0.2) is 0 Å². The summed E-state index contributed by atoms with van der Waals surface area (Å²) in [7, 11) is 0. The molecule has 0 fully saturated rings. The Morgan fingerprint density at radius 2 is 2.17 bits per heavy atom. The number of hydrogen-bond acceptors (Lipinski definition) is 1. The molecule has 1 aromatic rings. The molecule has 0 unspecified atom stereocenters. The second-order valence-corrected chi connectivity index (χ2v) is 3.75. The summed E-state index contributed by atoms with van der Waals surface area (Å²) >= 11 is 2.12. The van der Waals surface area contributed by atoms with E-state index in [0.29, 0.717) is 5.56 Å². The lowest BCUT2D eigenvalue weighted by Gasteiger charge is -2.00. The van der Waals surface area contributed by atoms with Gasteiger partial charge in [-0.1, -0.05) is 6.92 Å². The second-order valence-electron chi connectivity index (χ2n) is 2.51. The maximum Gasteiger partial charge on any atom is 0.335 e. The van der Waals surface area contributed by atoms with Gasteiger partial charge in [-0.05, 0) is 52.8 Å². The van der Waals surface area contributed by atoms with Crippen molar-refractivity contribution in [1.29, 1.82) is 0 Å². The van der Waals surface area contributed by atoms with E-state index in [2.05, 4.69) is 22.6 Å². The third-order valence-corrected chi connectivity index (χ3v) is 2.24. The number of benzene rings is 1. The number of hydrogen-bond donors (Lipinski definition) is 1. The molecule has 0 aliphatic rings. The zero-order valence-electron chi connectivity index (χ0n) is 6.67. The van der Waals surface area contributed by atoms with Crippen molar-refractivity contribution in [3.8, 4) is 0 Å². The smallest absolute Gasteiger partial charge is 0.335 e. The summed E-state index contributed by atoms with van der Waals surface area (Å²) < 4.78 is 0.976. The van der Waals surface area contributed by atoms with Crippen LogP contribution in [0.15, 0.2) is 18.2 Å². The first kappa shape index (κ1) is 9.51. The van der Waals surface area contributed by atoms with E-state index in [1.54, 1.807) is 12.1 Å². The molecular formula is C9H9IO2. The Morgan fingerprint density at radius 3 is 2.67 bits per heavy atom. The van der Waals surface area contributed by atoms with Crippen LogP contribution in [0.4, 0.5) is 0 Å².